The molecule has 0 radical (unpaired) electrons. The third-order valence-corrected chi connectivity index (χ3v) is 6.80. The Morgan fingerprint density at radius 1 is 1.24 bits per heavy atom. The van der Waals surface area contributed by atoms with Crippen molar-refractivity contribution in [3.63, 3.8) is 0 Å². The Morgan fingerprint density at radius 2 is 1.97 bits per heavy atom. The molecule has 1 aromatic rings. The maximum absolute atomic E-state index is 13.4. The van der Waals surface area contributed by atoms with E-state index >= 15 is 0 Å². The number of hydrogen-bond acceptors (Lipinski definition) is 7. The minimum Gasteiger partial charge on any atom is -0.469 e. The predicted octanol–water partition coefficient (Wildman–Crippen LogP) is 2.85. The standard InChI is InChI=1S/C24H38FN3O3S2/c1-18(19-6-8-20(25)9-7-19)23(24(30)31-2)21-5-3-12-28(21)13-4-11-27(14-16-33)17-22(29)26-10-15-32/h6-9,18,21,23,32-33H,3-5,10-17H2,1-2H3,(H,26,29). The molecule has 2 rings (SSSR count). The van der Waals surface area contributed by atoms with Gasteiger partial charge in [0.15, 0.2) is 0 Å². The average Bonchev–Trinajstić information content (AvgIpc) is 3.26. The largest absolute Gasteiger partial charge is 0.469 e. The van der Waals surface area contributed by atoms with E-state index in [4.69, 9.17) is 4.74 Å². The fourth-order valence-corrected chi connectivity index (χ4v) is 5.10. The molecular weight excluding hydrogens is 461 g/mol. The Labute approximate surface area is 208 Å². The molecule has 1 aliphatic heterocycles. The number of halogens is 1. The Hall–Kier alpha value is -1.29. The van der Waals surface area contributed by atoms with E-state index in [-0.39, 0.29) is 35.6 Å². The Balaban J connectivity index is 2.00. The summed E-state index contributed by atoms with van der Waals surface area (Å²) in [6, 6.07) is 6.46. The van der Waals surface area contributed by atoms with Gasteiger partial charge >= 0.3 is 5.97 Å². The second-order valence-electron chi connectivity index (χ2n) is 8.56. The first kappa shape index (κ1) is 28.0. The van der Waals surface area contributed by atoms with Gasteiger partial charge in [-0.25, -0.2) is 4.39 Å². The van der Waals surface area contributed by atoms with Crippen LogP contribution in [0.25, 0.3) is 0 Å². The number of carbonyl (C=O) groups excluding carboxylic acids is 2. The van der Waals surface area contributed by atoms with Crippen LogP contribution in [0.3, 0.4) is 0 Å². The van der Waals surface area contributed by atoms with Crippen LogP contribution in [0.15, 0.2) is 24.3 Å². The number of nitrogens with one attached hydrogen (secondary N) is 1. The van der Waals surface area contributed by atoms with Gasteiger partial charge in [0.05, 0.1) is 19.6 Å². The van der Waals surface area contributed by atoms with E-state index in [9.17, 15) is 14.0 Å². The quantitative estimate of drug-likeness (QED) is 0.271. The summed E-state index contributed by atoms with van der Waals surface area (Å²) in [7, 11) is 1.43. The van der Waals surface area contributed by atoms with E-state index in [1.54, 1.807) is 12.1 Å². The molecule has 1 amide bonds. The van der Waals surface area contributed by atoms with Gasteiger partial charge < -0.3 is 10.1 Å². The first-order valence-electron chi connectivity index (χ1n) is 11.7. The molecule has 33 heavy (non-hydrogen) atoms. The van der Waals surface area contributed by atoms with E-state index < -0.39 is 0 Å². The minimum atomic E-state index is -0.316. The molecule has 1 N–H and O–H groups in total. The zero-order chi connectivity index (χ0) is 24.2. The molecule has 3 unspecified atom stereocenters. The molecular formula is C24H38FN3O3S2. The van der Waals surface area contributed by atoms with Gasteiger partial charge in [-0.3, -0.25) is 19.4 Å². The summed E-state index contributed by atoms with van der Waals surface area (Å²) in [6.07, 6.45) is 2.85. The number of hydrogen-bond donors (Lipinski definition) is 3. The van der Waals surface area contributed by atoms with Gasteiger partial charge in [-0.05, 0) is 62.5 Å². The van der Waals surface area contributed by atoms with Gasteiger partial charge in [-0.15, -0.1) is 0 Å². The topological polar surface area (TPSA) is 61.9 Å². The van der Waals surface area contributed by atoms with Gasteiger partial charge in [0, 0.05) is 30.6 Å². The molecule has 1 saturated heterocycles. The van der Waals surface area contributed by atoms with Crippen LogP contribution in [-0.2, 0) is 14.3 Å². The predicted molar refractivity (Wildman–Crippen MR) is 137 cm³/mol. The van der Waals surface area contributed by atoms with Crippen molar-refractivity contribution in [3.05, 3.63) is 35.6 Å². The van der Waals surface area contributed by atoms with Crippen LogP contribution in [0.5, 0.6) is 0 Å². The average molecular weight is 500 g/mol. The van der Waals surface area contributed by atoms with E-state index in [0.717, 1.165) is 51.0 Å². The van der Waals surface area contributed by atoms with Crippen molar-refractivity contribution in [1.29, 1.82) is 0 Å². The molecule has 0 saturated carbocycles. The number of carbonyl (C=O) groups is 2. The zero-order valence-corrected chi connectivity index (χ0v) is 21.5. The lowest BCUT2D eigenvalue weighted by molar-refractivity contribution is -0.148. The molecule has 6 nitrogen and oxygen atoms in total. The van der Waals surface area contributed by atoms with Crippen LogP contribution < -0.4 is 5.32 Å². The summed E-state index contributed by atoms with van der Waals surface area (Å²) in [6.45, 7) is 6.24. The molecule has 1 fully saturated rings. The van der Waals surface area contributed by atoms with Crippen LogP contribution in [0, 0.1) is 11.7 Å². The molecule has 3 atom stereocenters. The number of nitrogens with zero attached hydrogens (tertiary/aromatic N) is 2. The molecule has 0 aliphatic carbocycles. The van der Waals surface area contributed by atoms with Crippen molar-refractivity contribution in [3.8, 4) is 0 Å². The second-order valence-corrected chi connectivity index (χ2v) is 9.46. The number of thiol groups is 2. The van der Waals surface area contributed by atoms with Gasteiger partial charge in [0.1, 0.15) is 5.82 Å². The number of methoxy groups -OCH3 is 1. The van der Waals surface area contributed by atoms with Crippen LogP contribution in [0.4, 0.5) is 4.39 Å². The number of likely N-dealkylation sites (tertiary alicyclic amines) is 1. The van der Waals surface area contributed by atoms with E-state index in [1.165, 1.54) is 19.2 Å². The molecule has 1 aromatic carbocycles. The summed E-state index contributed by atoms with van der Waals surface area (Å²) in [4.78, 5) is 29.4. The third kappa shape index (κ3) is 8.77. The molecule has 0 spiro atoms. The van der Waals surface area contributed by atoms with Gasteiger partial charge in [-0.2, -0.15) is 25.3 Å². The summed E-state index contributed by atoms with van der Waals surface area (Å²) >= 11 is 8.46. The summed E-state index contributed by atoms with van der Waals surface area (Å²) in [5.41, 5.74) is 0.936. The minimum absolute atomic E-state index is 0.00348. The van der Waals surface area contributed by atoms with Crippen molar-refractivity contribution in [1.82, 2.24) is 15.1 Å². The highest BCUT2D eigenvalue weighted by Crippen LogP contribution is 2.35. The zero-order valence-electron chi connectivity index (χ0n) is 19.7. The lowest BCUT2D eigenvalue weighted by atomic mass is 9.81. The normalized spacial score (nSPS) is 18.3. The second kappa shape index (κ2) is 14.9. The number of benzene rings is 1. The number of amides is 1. The monoisotopic (exact) mass is 499 g/mol. The summed E-state index contributed by atoms with van der Waals surface area (Å²) in [5, 5.41) is 2.86. The van der Waals surface area contributed by atoms with E-state index in [2.05, 4.69) is 40.4 Å². The van der Waals surface area contributed by atoms with Crippen LogP contribution >= 0.6 is 25.3 Å². The van der Waals surface area contributed by atoms with Crippen molar-refractivity contribution in [2.45, 2.75) is 38.1 Å². The highest BCUT2D eigenvalue weighted by Gasteiger charge is 2.40. The van der Waals surface area contributed by atoms with Gasteiger partial charge in [0.2, 0.25) is 5.91 Å². The fraction of sp³-hybridized carbons (Fsp3) is 0.667. The Kier molecular flexibility index (Phi) is 12.6. The van der Waals surface area contributed by atoms with Gasteiger partial charge in [-0.1, -0.05) is 19.1 Å². The molecule has 1 aliphatic rings. The molecule has 186 valence electrons. The van der Waals surface area contributed by atoms with Crippen LogP contribution in [-0.4, -0.2) is 85.6 Å². The Bertz CT molecular complexity index is 738. The van der Waals surface area contributed by atoms with Crippen LogP contribution in [0.1, 0.15) is 37.7 Å². The maximum atomic E-state index is 13.4. The molecule has 9 heteroatoms. The fourth-order valence-electron chi connectivity index (χ4n) is 4.70. The Morgan fingerprint density at radius 3 is 2.61 bits per heavy atom. The number of rotatable bonds is 14. The molecule has 1 heterocycles. The van der Waals surface area contributed by atoms with Crippen LogP contribution in [0.2, 0.25) is 0 Å². The molecule has 0 bridgehead atoms. The van der Waals surface area contributed by atoms with Crippen molar-refractivity contribution >= 4 is 37.1 Å². The first-order chi connectivity index (χ1) is 15.9. The highest BCUT2D eigenvalue weighted by molar-refractivity contribution is 7.80. The first-order valence-corrected chi connectivity index (χ1v) is 13.0. The number of ether oxygens (including phenoxy) is 1. The third-order valence-electron chi connectivity index (χ3n) is 6.37. The maximum Gasteiger partial charge on any atom is 0.310 e. The SMILES string of the molecule is COC(=O)C(C(C)c1ccc(F)cc1)C1CCCN1CCCN(CCS)CC(=O)NCCS. The van der Waals surface area contributed by atoms with Crippen molar-refractivity contribution in [2.75, 3.05) is 57.9 Å². The lowest BCUT2D eigenvalue weighted by Gasteiger charge is -2.34. The smallest absolute Gasteiger partial charge is 0.310 e. The lowest BCUT2D eigenvalue weighted by Crippen LogP contribution is -2.44. The molecule has 0 aromatic heterocycles. The van der Waals surface area contributed by atoms with E-state index in [1.807, 2.05) is 6.92 Å². The van der Waals surface area contributed by atoms with Crippen molar-refractivity contribution < 1.29 is 18.7 Å². The van der Waals surface area contributed by atoms with E-state index in [0.29, 0.717) is 24.6 Å². The van der Waals surface area contributed by atoms with Gasteiger partial charge in [0.25, 0.3) is 0 Å². The highest BCUT2D eigenvalue weighted by atomic mass is 32.1. The number of esters is 1. The summed E-state index contributed by atoms with van der Waals surface area (Å²) < 4.78 is 18.6. The summed E-state index contributed by atoms with van der Waals surface area (Å²) in [5.74, 6) is 0.402. The van der Waals surface area contributed by atoms with Crippen molar-refractivity contribution in [2.24, 2.45) is 5.92 Å².